The molecular weight excluding hydrogens is 547 g/mol. The second-order valence-corrected chi connectivity index (χ2v) is 12.8. The molecule has 0 unspecified atom stereocenters. The summed E-state index contributed by atoms with van der Waals surface area (Å²) in [4.78, 5) is 0.255. The minimum Gasteiger partial charge on any atom is -0.207 e. The monoisotopic (exact) mass is 583 g/mol. The van der Waals surface area contributed by atoms with Gasteiger partial charge in [0.15, 0.2) is 0 Å². The fourth-order valence-electron chi connectivity index (χ4n) is 5.63. The predicted octanol–water partition coefficient (Wildman–Crippen LogP) is 8.76. The van der Waals surface area contributed by atoms with E-state index in [1.165, 1.54) is 0 Å². The highest BCUT2D eigenvalue weighted by molar-refractivity contribution is 7.89. The van der Waals surface area contributed by atoms with Gasteiger partial charge in [0.25, 0.3) is 0 Å². The molecule has 0 aliphatic rings. The largest absolute Gasteiger partial charge is 0.243 e. The summed E-state index contributed by atoms with van der Waals surface area (Å²) in [5.74, 6) is -0.351. The average Bonchev–Trinajstić information content (AvgIpc) is 3.03. The third-order valence-electron chi connectivity index (χ3n) is 7.77. The van der Waals surface area contributed by atoms with Crippen LogP contribution in [0.4, 0.5) is 0 Å². The summed E-state index contributed by atoms with van der Waals surface area (Å²) >= 11 is 0. The first-order chi connectivity index (χ1) is 20.8. The van der Waals surface area contributed by atoms with E-state index in [1.807, 2.05) is 91.9 Å². The molecule has 0 bridgehead atoms. The highest BCUT2D eigenvalue weighted by Crippen LogP contribution is 2.35. The summed E-state index contributed by atoms with van der Waals surface area (Å²) in [6.45, 7) is 11.2. The quantitative estimate of drug-likeness (QED) is 0.138. The average molecular weight is 584 g/mol. The van der Waals surface area contributed by atoms with Gasteiger partial charge in [-0.3, -0.25) is 0 Å². The molecule has 43 heavy (non-hydrogen) atoms. The molecule has 3 nitrogen and oxygen atoms in total. The van der Waals surface area contributed by atoms with Gasteiger partial charge in [0.2, 0.25) is 10.0 Å². The Morgan fingerprint density at radius 3 is 1.14 bits per heavy atom. The van der Waals surface area contributed by atoms with Crippen molar-refractivity contribution < 1.29 is 8.42 Å². The Labute approximate surface area is 256 Å². The van der Waals surface area contributed by atoms with E-state index in [4.69, 9.17) is 0 Å². The van der Waals surface area contributed by atoms with E-state index in [1.54, 1.807) is 16.4 Å². The van der Waals surface area contributed by atoms with Crippen molar-refractivity contribution in [3.8, 4) is 0 Å². The highest BCUT2D eigenvalue weighted by atomic mass is 32.2. The van der Waals surface area contributed by atoms with Crippen molar-refractivity contribution in [2.75, 3.05) is 13.1 Å². The Hall–Kier alpha value is -4.51. The van der Waals surface area contributed by atoms with E-state index in [0.29, 0.717) is 0 Å². The van der Waals surface area contributed by atoms with Crippen molar-refractivity contribution in [2.24, 2.45) is 0 Å². The Balaban J connectivity index is 1.55. The first-order valence-corrected chi connectivity index (χ1v) is 15.9. The molecule has 0 radical (unpaired) electrons. The molecule has 0 spiro atoms. The molecule has 0 saturated heterocycles. The van der Waals surface area contributed by atoms with E-state index >= 15 is 0 Å². The van der Waals surface area contributed by atoms with E-state index in [2.05, 4.69) is 61.7 Å². The number of hydrogen-bond acceptors (Lipinski definition) is 2. The van der Waals surface area contributed by atoms with Gasteiger partial charge in [0.05, 0.1) is 4.90 Å². The molecule has 0 aliphatic heterocycles. The molecule has 0 amide bonds. The Morgan fingerprint density at radius 2 is 0.837 bits per heavy atom. The van der Waals surface area contributed by atoms with Crippen LogP contribution in [0.2, 0.25) is 0 Å². The van der Waals surface area contributed by atoms with Crippen LogP contribution >= 0.6 is 0 Å². The molecule has 0 atom stereocenters. The fourth-order valence-corrected chi connectivity index (χ4v) is 7.08. The van der Waals surface area contributed by atoms with E-state index < -0.39 is 10.0 Å². The smallest absolute Gasteiger partial charge is 0.207 e. The van der Waals surface area contributed by atoms with Gasteiger partial charge in [-0.25, -0.2) is 8.42 Å². The van der Waals surface area contributed by atoms with Crippen molar-refractivity contribution in [3.05, 3.63) is 198 Å². The summed E-state index contributed by atoms with van der Waals surface area (Å²) in [6, 6.07) is 47.6. The first-order valence-electron chi connectivity index (χ1n) is 14.5. The molecule has 5 aromatic carbocycles. The summed E-state index contributed by atoms with van der Waals surface area (Å²) in [7, 11) is -3.89. The highest BCUT2D eigenvalue weighted by Gasteiger charge is 2.30. The van der Waals surface area contributed by atoms with Crippen molar-refractivity contribution in [3.63, 3.8) is 0 Å². The van der Waals surface area contributed by atoms with E-state index in [-0.39, 0.29) is 29.8 Å². The van der Waals surface area contributed by atoms with Crippen LogP contribution in [0.1, 0.15) is 39.7 Å². The lowest BCUT2D eigenvalue weighted by molar-refractivity contribution is 0.450. The van der Waals surface area contributed by atoms with Crippen LogP contribution in [-0.2, 0) is 10.0 Å². The van der Waals surface area contributed by atoms with Crippen LogP contribution in [0.3, 0.4) is 0 Å². The lowest BCUT2D eigenvalue weighted by atomic mass is 9.84. The standard InChI is InChI=1S/C39H37NO2S/c1-30-24-26-37(27-25-30)43(41,42)40(28-31(2)38(33-16-8-4-9-17-33)34-18-10-5-11-19-34)29-32(3)39(35-20-12-6-13-21-35)36-22-14-7-15-23-36/h4-27,38-39H,2-3,28-29H2,1H3. The number of aryl methyl sites for hydroxylation is 1. The van der Waals surface area contributed by atoms with Crippen LogP contribution < -0.4 is 0 Å². The molecule has 5 aromatic rings. The number of rotatable bonds is 12. The summed E-state index contributed by atoms with van der Waals surface area (Å²) in [6.07, 6.45) is 0. The molecule has 216 valence electrons. The maximum Gasteiger partial charge on any atom is 0.243 e. The second kappa shape index (κ2) is 13.6. The molecule has 4 heteroatoms. The Bertz CT molecular complexity index is 1570. The van der Waals surface area contributed by atoms with Gasteiger partial charge in [0.1, 0.15) is 0 Å². The summed E-state index contributed by atoms with van der Waals surface area (Å²) < 4.78 is 30.2. The van der Waals surface area contributed by atoms with Crippen LogP contribution in [0.15, 0.2) is 175 Å². The first kappa shape index (κ1) is 30.0. The van der Waals surface area contributed by atoms with E-state index in [0.717, 1.165) is 39.0 Å². The van der Waals surface area contributed by atoms with E-state index in [9.17, 15) is 8.42 Å². The van der Waals surface area contributed by atoms with Crippen molar-refractivity contribution in [1.82, 2.24) is 4.31 Å². The Morgan fingerprint density at radius 1 is 0.535 bits per heavy atom. The van der Waals surface area contributed by atoms with Crippen molar-refractivity contribution in [2.45, 2.75) is 23.7 Å². The zero-order chi connectivity index (χ0) is 30.2. The molecule has 0 N–H and O–H groups in total. The SMILES string of the molecule is C=C(CN(CC(=C)C(c1ccccc1)c1ccccc1)S(=O)(=O)c1ccc(C)cc1)C(c1ccccc1)c1ccccc1. The predicted molar refractivity (Wildman–Crippen MR) is 178 cm³/mol. The molecule has 0 aromatic heterocycles. The van der Waals surface area contributed by atoms with Crippen LogP contribution in [0.5, 0.6) is 0 Å². The second-order valence-electron chi connectivity index (χ2n) is 10.9. The number of nitrogens with zero attached hydrogens (tertiary/aromatic N) is 1. The topological polar surface area (TPSA) is 37.4 Å². The third kappa shape index (κ3) is 7.11. The van der Waals surface area contributed by atoms with Crippen molar-refractivity contribution in [1.29, 1.82) is 0 Å². The lowest BCUT2D eigenvalue weighted by Crippen LogP contribution is -2.36. The summed E-state index contributed by atoms with van der Waals surface area (Å²) in [5.41, 5.74) is 6.84. The zero-order valence-corrected chi connectivity index (χ0v) is 25.3. The van der Waals surface area contributed by atoms with Gasteiger partial charge < -0.3 is 0 Å². The lowest BCUT2D eigenvalue weighted by Gasteiger charge is -2.30. The number of hydrogen-bond donors (Lipinski definition) is 0. The van der Waals surface area contributed by atoms with Gasteiger partial charge in [-0.1, -0.05) is 163 Å². The third-order valence-corrected chi connectivity index (χ3v) is 9.57. The van der Waals surface area contributed by atoms with Gasteiger partial charge in [0, 0.05) is 24.9 Å². The van der Waals surface area contributed by atoms with Gasteiger partial charge in [-0.05, 0) is 41.3 Å². The maximum atomic E-state index is 14.3. The van der Waals surface area contributed by atoms with Gasteiger partial charge in [-0.2, -0.15) is 4.31 Å². The van der Waals surface area contributed by atoms with Gasteiger partial charge >= 0.3 is 0 Å². The number of benzene rings is 5. The van der Waals surface area contributed by atoms with Crippen molar-refractivity contribution >= 4 is 10.0 Å². The Kier molecular flexibility index (Phi) is 9.51. The minimum absolute atomic E-state index is 0.139. The summed E-state index contributed by atoms with van der Waals surface area (Å²) in [5, 5.41) is 0. The molecular formula is C39H37NO2S. The fraction of sp³-hybridized carbons (Fsp3) is 0.128. The normalized spacial score (nSPS) is 11.6. The molecule has 0 saturated carbocycles. The molecule has 0 aliphatic carbocycles. The zero-order valence-electron chi connectivity index (χ0n) is 24.5. The van der Waals surface area contributed by atoms with Crippen LogP contribution in [-0.4, -0.2) is 25.8 Å². The van der Waals surface area contributed by atoms with Crippen LogP contribution in [0, 0.1) is 6.92 Å². The van der Waals surface area contributed by atoms with Gasteiger partial charge in [-0.15, -0.1) is 0 Å². The molecule has 5 rings (SSSR count). The molecule has 0 fully saturated rings. The van der Waals surface area contributed by atoms with Crippen LogP contribution in [0.25, 0.3) is 0 Å². The number of sulfonamides is 1. The minimum atomic E-state index is -3.89. The molecule has 0 heterocycles. The maximum absolute atomic E-state index is 14.3.